The van der Waals surface area contributed by atoms with Crippen LogP contribution in [-0.2, 0) is 16.5 Å². The Balaban J connectivity index is 1.78. The number of aromatic nitrogens is 2. The lowest BCUT2D eigenvalue weighted by Gasteiger charge is -2.22. The summed E-state index contributed by atoms with van der Waals surface area (Å²) < 4.78 is 30.5. The lowest BCUT2D eigenvalue weighted by atomic mass is 10.2. The number of nitrogens with one attached hydrogen (secondary N) is 1. The molecule has 0 aromatic carbocycles. The first-order valence-electron chi connectivity index (χ1n) is 7.15. The van der Waals surface area contributed by atoms with Crippen LogP contribution in [0.2, 0.25) is 0 Å². The second kappa shape index (κ2) is 6.23. The van der Waals surface area contributed by atoms with Gasteiger partial charge in [-0.05, 0) is 30.6 Å². The molecule has 9 heteroatoms. The second-order valence-corrected chi connectivity index (χ2v) is 8.95. The van der Waals surface area contributed by atoms with Gasteiger partial charge in [0.15, 0.2) is 16.5 Å². The molecule has 3 rings (SSSR count). The van der Waals surface area contributed by atoms with Crippen molar-refractivity contribution in [3.63, 3.8) is 0 Å². The highest BCUT2D eigenvalue weighted by molar-refractivity contribution is 7.91. The van der Waals surface area contributed by atoms with Crippen LogP contribution in [0.15, 0.2) is 21.9 Å². The van der Waals surface area contributed by atoms with E-state index in [2.05, 4.69) is 5.10 Å². The molecule has 0 amide bonds. The first-order chi connectivity index (χ1) is 10.5. The topological polar surface area (TPSA) is 69.5 Å². The molecule has 0 aliphatic carbocycles. The van der Waals surface area contributed by atoms with Crippen LogP contribution in [0.25, 0.3) is 10.8 Å². The first kappa shape index (κ1) is 15.9. The summed E-state index contributed by atoms with van der Waals surface area (Å²) in [6.45, 7) is 3.40. The van der Waals surface area contributed by atoms with Crippen molar-refractivity contribution in [2.75, 3.05) is 18.1 Å². The molecule has 0 bridgehead atoms. The van der Waals surface area contributed by atoms with Gasteiger partial charge in [-0.25, -0.2) is 8.42 Å². The van der Waals surface area contributed by atoms with Gasteiger partial charge < -0.3 is 9.32 Å². The highest BCUT2D eigenvalue weighted by atomic mass is 32.2. The standard InChI is InChI=1S/C13H17N3O3S3/c1-2-15(10-5-7-22(17,18)8-10)9-16-13(20)19-12(14-16)11-4-3-6-21-11/h3-4,6,10H,2,5,7-9H2,1H3/p+1/t10-/m1/s1. The van der Waals surface area contributed by atoms with E-state index in [1.807, 2.05) is 24.4 Å². The maximum Gasteiger partial charge on any atom is 0.292 e. The van der Waals surface area contributed by atoms with E-state index in [1.165, 1.54) is 4.90 Å². The lowest BCUT2D eigenvalue weighted by molar-refractivity contribution is -0.943. The Labute approximate surface area is 138 Å². The molecule has 120 valence electrons. The number of hydrogen-bond acceptors (Lipinski definition) is 6. The highest BCUT2D eigenvalue weighted by Crippen LogP contribution is 2.22. The van der Waals surface area contributed by atoms with Gasteiger partial charge in [0.25, 0.3) is 10.7 Å². The number of hydrogen-bond donors (Lipinski definition) is 1. The van der Waals surface area contributed by atoms with E-state index in [0.29, 0.717) is 23.8 Å². The fourth-order valence-electron chi connectivity index (χ4n) is 2.74. The molecule has 1 unspecified atom stereocenters. The van der Waals surface area contributed by atoms with E-state index in [9.17, 15) is 8.42 Å². The smallest absolute Gasteiger partial charge is 0.292 e. The first-order valence-corrected chi connectivity index (χ1v) is 10.3. The van der Waals surface area contributed by atoms with Crippen molar-refractivity contribution >= 4 is 33.4 Å². The number of rotatable bonds is 5. The minimum absolute atomic E-state index is 0.110. The van der Waals surface area contributed by atoms with Crippen LogP contribution in [-0.4, -0.2) is 42.3 Å². The Hall–Kier alpha value is -1.03. The molecule has 2 atom stereocenters. The van der Waals surface area contributed by atoms with Gasteiger partial charge in [0.1, 0.15) is 11.8 Å². The molecule has 1 fully saturated rings. The summed E-state index contributed by atoms with van der Waals surface area (Å²) in [7, 11) is -2.88. The van der Waals surface area contributed by atoms with E-state index in [1.54, 1.807) is 16.0 Å². The van der Waals surface area contributed by atoms with Gasteiger partial charge in [0.2, 0.25) is 0 Å². The van der Waals surface area contributed by atoms with Gasteiger partial charge in [-0.15, -0.1) is 16.4 Å². The fraction of sp³-hybridized carbons (Fsp3) is 0.538. The Kier molecular flexibility index (Phi) is 4.49. The molecule has 0 radical (unpaired) electrons. The molecule has 3 heterocycles. The highest BCUT2D eigenvalue weighted by Gasteiger charge is 2.35. The quantitative estimate of drug-likeness (QED) is 0.805. The van der Waals surface area contributed by atoms with E-state index in [0.717, 1.165) is 11.4 Å². The summed E-state index contributed by atoms with van der Waals surface area (Å²) in [6.07, 6.45) is 0.703. The Morgan fingerprint density at radius 2 is 2.41 bits per heavy atom. The monoisotopic (exact) mass is 360 g/mol. The maximum atomic E-state index is 11.7. The van der Waals surface area contributed by atoms with E-state index in [-0.39, 0.29) is 17.5 Å². The van der Waals surface area contributed by atoms with Crippen LogP contribution in [0.1, 0.15) is 13.3 Å². The molecule has 0 saturated carbocycles. The third-order valence-electron chi connectivity index (χ3n) is 3.95. The van der Waals surface area contributed by atoms with Crippen LogP contribution in [0, 0.1) is 4.84 Å². The summed E-state index contributed by atoms with van der Waals surface area (Å²) in [5.41, 5.74) is 0. The third-order valence-corrected chi connectivity index (χ3v) is 6.87. The molecule has 1 N–H and O–H groups in total. The van der Waals surface area contributed by atoms with Crippen molar-refractivity contribution in [3.8, 4) is 10.8 Å². The van der Waals surface area contributed by atoms with Crippen molar-refractivity contribution in [1.82, 2.24) is 9.78 Å². The fourth-order valence-corrected chi connectivity index (χ4v) is 5.40. The van der Waals surface area contributed by atoms with Gasteiger partial charge in [-0.3, -0.25) is 0 Å². The third kappa shape index (κ3) is 3.32. The van der Waals surface area contributed by atoms with E-state index in [4.69, 9.17) is 16.6 Å². The van der Waals surface area contributed by atoms with Gasteiger partial charge >= 0.3 is 0 Å². The number of nitrogens with zero attached hydrogens (tertiary/aromatic N) is 2. The Bertz CT molecular complexity index is 792. The predicted molar refractivity (Wildman–Crippen MR) is 87.2 cm³/mol. The number of thiophene rings is 1. The zero-order valence-electron chi connectivity index (χ0n) is 12.2. The molecular weight excluding hydrogens is 342 g/mol. The average Bonchev–Trinajstić information content (AvgIpc) is 3.17. The molecule has 0 spiro atoms. The average molecular weight is 361 g/mol. The van der Waals surface area contributed by atoms with Gasteiger partial charge in [0, 0.05) is 6.42 Å². The Morgan fingerprint density at radius 1 is 1.59 bits per heavy atom. The number of quaternary nitrogens is 1. The van der Waals surface area contributed by atoms with Crippen molar-refractivity contribution in [1.29, 1.82) is 0 Å². The molecule has 6 nitrogen and oxygen atoms in total. The lowest BCUT2D eigenvalue weighted by Crippen LogP contribution is -3.15. The zero-order chi connectivity index (χ0) is 15.7. The predicted octanol–water partition coefficient (Wildman–Crippen LogP) is 0.983. The summed E-state index contributed by atoms with van der Waals surface area (Å²) in [5, 5.41) is 6.39. The minimum atomic E-state index is -2.88. The van der Waals surface area contributed by atoms with Gasteiger partial charge in [0.05, 0.1) is 17.2 Å². The van der Waals surface area contributed by atoms with Crippen molar-refractivity contribution in [2.45, 2.75) is 26.1 Å². The molecule has 1 saturated heterocycles. The van der Waals surface area contributed by atoms with Crippen LogP contribution in [0.4, 0.5) is 0 Å². The van der Waals surface area contributed by atoms with E-state index >= 15 is 0 Å². The zero-order valence-corrected chi connectivity index (χ0v) is 14.6. The van der Waals surface area contributed by atoms with Crippen molar-refractivity contribution in [2.24, 2.45) is 0 Å². The molecular formula is C13H18N3O3S3+. The van der Waals surface area contributed by atoms with Crippen LogP contribution in [0.3, 0.4) is 0 Å². The van der Waals surface area contributed by atoms with Crippen LogP contribution < -0.4 is 4.90 Å². The molecule has 1 aliphatic rings. The maximum absolute atomic E-state index is 11.7. The van der Waals surface area contributed by atoms with Gasteiger partial charge in [-0.1, -0.05) is 6.07 Å². The second-order valence-electron chi connectivity index (χ2n) is 5.42. The van der Waals surface area contributed by atoms with Crippen LogP contribution in [0.5, 0.6) is 0 Å². The van der Waals surface area contributed by atoms with Crippen LogP contribution >= 0.6 is 23.6 Å². The molecule has 2 aromatic heterocycles. The normalized spacial score (nSPS) is 22.0. The number of sulfone groups is 1. The SMILES string of the molecule is CC[NH+](Cn1nc(-c2cccs2)oc1=S)[C@@H]1CCS(=O)(=O)C1. The summed E-state index contributed by atoms with van der Waals surface area (Å²) in [5.74, 6) is 1.06. The molecule has 1 aliphatic heterocycles. The largest absolute Gasteiger partial charge is 0.408 e. The summed E-state index contributed by atoms with van der Waals surface area (Å²) in [4.78, 5) is 2.43. The Morgan fingerprint density at radius 3 is 3.00 bits per heavy atom. The van der Waals surface area contributed by atoms with Gasteiger partial charge in [-0.2, -0.15) is 4.68 Å². The summed E-state index contributed by atoms with van der Waals surface area (Å²) >= 11 is 6.79. The van der Waals surface area contributed by atoms with Crippen molar-refractivity contribution in [3.05, 3.63) is 22.4 Å². The molecule has 22 heavy (non-hydrogen) atoms. The molecule has 2 aromatic rings. The van der Waals surface area contributed by atoms with Crippen molar-refractivity contribution < 1.29 is 17.7 Å². The van der Waals surface area contributed by atoms with E-state index < -0.39 is 9.84 Å². The minimum Gasteiger partial charge on any atom is -0.408 e. The summed E-state index contributed by atoms with van der Waals surface area (Å²) in [6, 6.07) is 3.98.